The van der Waals surface area contributed by atoms with Crippen LogP contribution in [0.25, 0.3) is 0 Å². The van der Waals surface area contributed by atoms with Crippen molar-refractivity contribution in [2.24, 2.45) is 5.84 Å². The van der Waals surface area contributed by atoms with Crippen LogP contribution in [0, 0.1) is 6.92 Å². The first kappa shape index (κ1) is 12.4. The fourth-order valence-corrected chi connectivity index (χ4v) is 1.75. The largest absolute Gasteiger partial charge is 0.398 e. The van der Waals surface area contributed by atoms with Crippen molar-refractivity contribution < 1.29 is 0 Å². The molecule has 5 N–H and O–H groups in total. The van der Waals surface area contributed by atoms with E-state index in [-0.39, 0.29) is 6.04 Å². The zero-order chi connectivity index (χ0) is 13.0. The van der Waals surface area contributed by atoms with E-state index in [1.807, 2.05) is 13.0 Å². The van der Waals surface area contributed by atoms with Crippen LogP contribution >= 0.6 is 0 Å². The van der Waals surface area contributed by atoms with Gasteiger partial charge >= 0.3 is 0 Å². The quantitative estimate of drug-likeness (QED) is 0.535. The number of nitrogens with one attached hydrogen (secondary N) is 1. The van der Waals surface area contributed by atoms with Crippen molar-refractivity contribution >= 4 is 5.69 Å². The van der Waals surface area contributed by atoms with Crippen molar-refractivity contribution in [2.45, 2.75) is 19.4 Å². The van der Waals surface area contributed by atoms with Gasteiger partial charge in [-0.3, -0.25) is 16.3 Å². The predicted octanol–water partition coefficient (Wildman–Crippen LogP) is 0.509. The van der Waals surface area contributed by atoms with E-state index in [0.29, 0.717) is 17.9 Å². The van der Waals surface area contributed by atoms with Crippen LogP contribution in [0.2, 0.25) is 0 Å². The number of nitrogens with two attached hydrogens (primary N) is 2. The molecule has 0 bridgehead atoms. The highest BCUT2D eigenvalue weighted by molar-refractivity contribution is 5.44. The molecule has 0 amide bonds. The second-order valence-electron chi connectivity index (χ2n) is 4.03. The van der Waals surface area contributed by atoms with Crippen molar-refractivity contribution in [1.82, 2.24) is 20.4 Å². The molecule has 6 nitrogen and oxygen atoms in total. The molecule has 0 aliphatic heterocycles. The minimum Gasteiger partial charge on any atom is -0.398 e. The average molecular weight is 244 g/mol. The standard InChI is InChI=1S/C12H16N6/c1-8-16-5-3-11(17-8)12(18-14)6-9-7-15-4-2-10(9)13/h2-5,7,12,18H,6,14H2,1H3,(H2,13,15). The Morgan fingerprint density at radius 2 is 2.17 bits per heavy atom. The summed E-state index contributed by atoms with van der Waals surface area (Å²) >= 11 is 0. The highest BCUT2D eigenvalue weighted by Crippen LogP contribution is 2.19. The first-order valence-corrected chi connectivity index (χ1v) is 5.64. The summed E-state index contributed by atoms with van der Waals surface area (Å²) in [6.07, 6.45) is 5.76. The molecule has 2 heterocycles. The topological polar surface area (TPSA) is 103 Å². The number of anilines is 1. The van der Waals surface area contributed by atoms with E-state index in [0.717, 1.165) is 11.3 Å². The van der Waals surface area contributed by atoms with Crippen LogP contribution in [0.5, 0.6) is 0 Å². The highest BCUT2D eigenvalue weighted by Gasteiger charge is 2.14. The van der Waals surface area contributed by atoms with E-state index in [1.165, 1.54) is 0 Å². The molecule has 0 saturated carbocycles. The molecule has 2 aromatic heterocycles. The van der Waals surface area contributed by atoms with Crippen LogP contribution in [0.1, 0.15) is 23.1 Å². The third kappa shape index (κ3) is 2.79. The molecule has 6 heteroatoms. The molecule has 0 aliphatic rings. The fraction of sp³-hybridized carbons (Fsp3) is 0.250. The summed E-state index contributed by atoms with van der Waals surface area (Å²) in [5.41, 5.74) is 11.1. The first-order chi connectivity index (χ1) is 8.70. The Morgan fingerprint density at radius 1 is 1.33 bits per heavy atom. The number of pyridine rings is 1. The summed E-state index contributed by atoms with van der Waals surface area (Å²) in [6, 6.07) is 3.50. The molecule has 2 rings (SSSR count). The van der Waals surface area contributed by atoms with Gasteiger partial charge in [-0.2, -0.15) is 0 Å². The maximum atomic E-state index is 5.89. The van der Waals surface area contributed by atoms with Gasteiger partial charge in [-0.05, 0) is 31.0 Å². The van der Waals surface area contributed by atoms with Gasteiger partial charge in [0, 0.05) is 24.3 Å². The summed E-state index contributed by atoms with van der Waals surface area (Å²) in [5, 5.41) is 0. The van der Waals surface area contributed by atoms with Crippen LogP contribution in [-0.4, -0.2) is 15.0 Å². The van der Waals surface area contributed by atoms with Gasteiger partial charge in [-0.1, -0.05) is 0 Å². The van der Waals surface area contributed by atoms with Crippen molar-refractivity contribution in [3.8, 4) is 0 Å². The lowest BCUT2D eigenvalue weighted by molar-refractivity contribution is 0.535. The van der Waals surface area contributed by atoms with Gasteiger partial charge in [0.1, 0.15) is 5.82 Å². The highest BCUT2D eigenvalue weighted by atomic mass is 15.2. The Labute approximate surface area is 105 Å². The molecule has 0 saturated heterocycles. The molecule has 0 fully saturated rings. The normalized spacial score (nSPS) is 12.3. The van der Waals surface area contributed by atoms with Gasteiger partial charge in [-0.15, -0.1) is 0 Å². The Hall–Kier alpha value is -2.05. The lowest BCUT2D eigenvalue weighted by Crippen LogP contribution is -2.30. The number of hydrogen-bond donors (Lipinski definition) is 3. The predicted molar refractivity (Wildman–Crippen MR) is 69.2 cm³/mol. The molecule has 1 atom stereocenters. The zero-order valence-electron chi connectivity index (χ0n) is 10.2. The third-order valence-electron chi connectivity index (χ3n) is 2.72. The summed E-state index contributed by atoms with van der Waals surface area (Å²) < 4.78 is 0. The SMILES string of the molecule is Cc1nccc(C(Cc2cnccc2N)NN)n1. The van der Waals surface area contributed by atoms with E-state index in [2.05, 4.69) is 20.4 Å². The van der Waals surface area contributed by atoms with Crippen LogP contribution in [0.4, 0.5) is 5.69 Å². The van der Waals surface area contributed by atoms with E-state index in [9.17, 15) is 0 Å². The number of aryl methyl sites for hydroxylation is 1. The molecular weight excluding hydrogens is 228 g/mol. The summed E-state index contributed by atoms with van der Waals surface area (Å²) in [4.78, 5) is 12.5. The fourth-order valence-electron chi connectivity index (χ4n) is 1.75. The number of hydrazine groups is 1. The summed E-state index contributed by atoms with van der Waals surface area (Å²) in [7, 11) is 0. The molecule has 0 aromatic carbocycles. The maximum absolute atomic E-state index is 5.89. The van der Waals surface area contributed by atoms with Crippen molar-refractivity contribution in [3.05, 3.63) is 47.8 Å². The van der Waals surface area contributed by atoms with Gasteiger partial charge in [0.25, 0.3) is 0 Å². The van der Waals surface area contributed by atoms with Gasteiger partial charge in [0.15, 0.2) is 0 Å². The molecule has 1 unspecified atom stereocenters. The number of nitrogens with zero attached hydrogens (tertiary/aromatic N) is 3. The molecule has 0 radical (unpaired) electrons. The van der Waals surface area contributed by atoms with Gasteiger partial charge < -0.3 is 5.73 Å². The average Bonchev–Trinajstić information content (AvgIpc) is 2.38. The molecule has 2 aromatic rings. The van der Waals surface area contributed by atoms with Gasteiger partial charge in [-0.25, -0.2) is 9.97 Å². The molecular formula is C12H16N6. The Balaban J connectivity index is 2.23. The van der Waals surface area contributed by atoms with Crippen LogP contribution in [-0.2, 0) is 6.42 Å². The van der Waals surface area contributed by atoms with E-state index in [4.69, 9.17) is 11.6 Å². The zero-order valence-corrected chi connectivity index (χ0v) is 10.2. The number of nitrogen functional groups attached to an aromatic ring is 1. The Morgan fingerprint density at radius 3 is 2.83 bits per heavy atom. The van der Waals surface area contributed by atoms with Crippen molar-refractivity contribution in [2.75, 3.05) is 5.73 Å². The van der Waals surface area contributed by atoms with Crippen molar-refractivity contribution in [1.29, 1.82) is 0 Å². The monoisotopic (exact) mass is 244 g/mol. The smallest absolute Gasteiger partial charge is 0.125 e. The molecule has 94 valence electrons. The van der Waals surface area contributed by atoms with Crippen LogP contribution in [0.3, 0.4) is 0 Å². The maximum Gasteiger partial charge on any atom is 0.125 e. The minimum absolute atomic E-state index is 0.113. The molecule has 0 aliphatic carbocycles. The molecule has 18 heavy (non-hydrogen) atoms. The van der Waals surface area contributed by atoms with E-state index >= 15 is 0 Å². The van der Waals surface area contributed by atoms with Gasteiger partial charge in [0.2, 0.25) is 0 Å². The first-order valence-electron chi connectivity index (χ1n) is 5.64. The number of hydrogen-bond acceptors (Lipinski definition) is 6. The van der Waals surface area contributed by atoms with Gasteiger partial charge in [0.05, 0.1) is 11.7 Å². The lowest BCUT2D eigenvalue weighted by Gasteiger charge is -2.16. The second kappa shape index (κ2) is 5.52. The number of aromatic nitrogens is 3. The van der Waals surface area contributed by atoms with E-state index in [1.54, 1.807) is 24.7 Å². The molecule has 0 spiro atoms. The second-order valence-corrected chi connectivity index (χ2v) is 4.03. The minimum atomic E-state index is -0.113. The van der Waals surface area contributed by atoms with E-state index < -0.39 is 0 Å². The Bertz CT molecular complexity index is 527. The van der Waals surface area contributed by atoms with Crippen LogP contribution < -0.4 is 17.0 Å². The summed E-state index contributed by atoms with van der Waals surface area (Å²) in [6.45, 7) is 1.84. The third-order valence-corrected chi connectivity index (χ3v) is 2.72. The van der Waals surface area contributed by atoms with Crippen LogP contribution in [0.15, 0.2) is 30.7 Å². The lowest BCUT2D eigenvalue weighted by atomic mass is 10.0. The van der Waals surface area contributed by atoms with Crippen molar-refractivity contribution in [3.63, 3.8) is 0 Å². The summed E-state index contributed by atoms with van der Waals surface area (Å²) in [5.74, 6) is 6.30. The number of rotatable bonds is 4. The Kier molecular flexibility index (Phi) is 3.81.